The van der Waals surface area contributed by atoms with Gasteiger partial charge in [0.25, 0.3) is 0 Å². The van der Waals surface area contributed by atoms with Gasteiger partial charge >= 0.3 is 0 Å². The Morgan fingerprint density at radius 1 is 0.857 bits per heavy atom. The van der Waals surface area contributed by atoms with Gasteiger partial charge < -0.3 is 4.90 Å². The molecule has 0 N–H and O–H groups in total. The van der Waals surface area contributed by atoms with Crippen molar-refractivity contribution < 1.29 is 0 Å². The van der Waals surface area contributed by atoms with Crippen LogP contribution < -0.4 is 10.6 Å². The third kappa shape index (κ3) is 2.09. The molecule has 4 rings (SSSR count). The number of benzene rings is 3. The van der Waals surface area contributed by atoms with Crippen molar-refractivity contribution in [3.05, 3.63) is 82.9 Å². The van der Waals surface area contributed by atoms with E-state index in [-0.39, 0.29) is 6.17 Å². The van der Waals surface area contributed by atoms with Gasteiger partial charge in [0, 0.05) is 18.5 Å². The lowest BCUT2D eigenvalue weighted by Crippen LogP contribution is -2.35. The minimum absolute atomic E-state index is 0.0458. The van der Waals surface area contributed by atoms with Crippen LogP contribution in [0.4, 0.5) is 0 Å². The first-order valence-electron chi connectivity index (χ1n) is 7.17. The van der Waals surface area contributed by atoms with Gasteiger partial charge in [0.15, 0.2) is 0 Å². The second-order valence-corrected chi connectivity index (χ2v) is 5.46. The van der Waals surface area contributed by atoms with Crippen LogP contribution in [0.5, 0.6) is 0 Å². The number of hydrogen-bond acceptors (Lipinski definition) is 2. The Kier molecular flexibility index (Phi) is 2.74. The molecule has 1 aliphatic rings. The van der Waals surface area contributed by atoms with E-state index in [0.717, 1.165) is 5.36 Å². The normalized spacial score (nSPS) is 17.0. The van der Waals surface area contributed by atoms with Gasteiger partial charge in [-0.2, -0.15) is 0 Å². The average Bonchev–Trinajstić information content (AvgIpc) is 2.54. The zero-order valence-corrected chi connectivity index (χ0v) is 11.9. The molecule has 3 aromatic carbocycles. The summed E-state index contributed by atoms with van der Waals surface area (Å²) in [6, 6.07) is 23.3. The lowest BCUT2D eigenvalue weighted by molar-refractivity contribution is 0.366. The number of hydrogen-bond donors (Lipinski definition) is 0. The first-order valence-corrected chi connectivity index (χ1v) is 7.17. The van der Waals surface area contributed by atoms with Crippen molar-refractivity contribution >= 4 is 17.0 Å². The van der Waals surface area contributed by atoms with E-state index in [0.29, 0.717) is 0 Å². The number of rotatable bonds is 1. The second-order valence-electron chi connectivity index (χ2n) is 5.46. The largest absolute Gasteiger partial charge is 0.355 e. The Hall–Kier alpha value is -2.61. The predicted molar refractivity (Wildman–Crippen MR) is 86.1 cm³/mol. The van der Waals surface area contributed by atoms with Crippen LogP contribution in [0.25, 0.3) is 17.0 Å². The topological polar surface area (TPSA) is 15.6 Å². The molecule has 102 valence electrons. The standard InChI is InChI=1S/C19H16N2/c1-21-13-17-8-4-5-9-18(17)20-19(21)16-11-10-14-6-2-3-7-15(14)12-16/h2-13,19H,1H3. The van der Waals surface area contributed by atoms with Crippen LogP contribution in [0, 0.1) is 0 Å². The maximum absolute atomic E-state index is 4.90. The van der Waals surface area contributed by atoms with Gasteiger partial charge in [0.1, 0.15) is 6.17 Å². The molecule has 3 aromatic rings. The molecular formula is C19H16N2. The number of para-hydroxylation sites is 1. The van der Waals surface area contributed by atoms with E-state index >= 15 is 0 Å². The average molecular weight is 272 g/mol. The SMILES string of the molecule is CN1C=c2ccccc2=NC1c1ccc2ccccc2c1. The molecule has 1 aliphatic heterocycles. The Bertz CT molecular complexity index is 927. The quantitative estimate of drug-likeness (QED) is 0.665. The van der Waals surface area contributed by atoms with Crippen LogP contribution in [0.2, 0.25) is 0 Å². The van der Waals surface area contributed by atoms with E-state index in [1.807, 2.05) is 6.07 Å². The van der Waals surface area contributed by atoms with Crippen molar-refractivity contribution in [2.24, 2.45) is 4.99 Å². The molecule has 21 heavy (non-hydrogen) atoms. The molecule has 0 aromatic heterocycles. The fourth-order valence-corrected chi connectivity index (χ4v) is 2.91. The summed E-state index contributed by atoms with van der Waals surface area (Å²) < 4.78 is 0. The summed E-state index contributed by atoms with van der Waals surface area (Å²) in [7, 11) is 2.08. The van der Waals surface area contributed by atoms with E-state index in [4.69, 9.17) is 4.99 Å². The van der Waals surface area contributed by atoms with Crippen molar-refractivity contribution in [1.29, 1.82) is 0 Å². The lowest BCUT2D eigenvalue weighted by Gasteiger charge is -2.26. The van der Waals surface area contributed by atoms with Crippen molar-refractivity contribution in [3.63, 3.8) is 0 Å². The van der Waals surface area contributed by atoms with Gasteiger partial charge in [0.05, 0.1) is 5.36 Å². The molecule has 2 nitrogen and oxygen atoms in total. The summed E-state index contributed by atoms with van der Waals surface area (Å²) >= 11 is 0. The summed E-state index contributed by atoms with van der Waals surface area (Å²) in [4.78, 5) is 7.07. The minimum Gasteiger partial charge on any atom is -0.355 e. The zero-order valence-electron chi connectivity index (χ0n) is 11.9. The smallest absolute Gasteiger partial charge is 0.147 e. The van der Waals surface area contributed by atoms with E-state index in [1.54, 1.807) is 0 Å². The number of fused-ring (bicyclic) bond motifs is 2. The summed E-state index contributed by atoms with van der Waals surface area (Å²) in [6.07, 6.45) is 2.21. The molecule has 0 spiro atoms. The molecular weight excluding hydrogens is 256 g/mol. The molecule has 0 saturated heterocycles. The van der Waals surface area contributed by atoms with Gasteiger partial charge in [-0.25, -0.2) is 0 Å². The van der Waals surface area contributed by atoms with Crippen molar-refractivity contribution in [2.75, 3.05) is 7.05 Å². The summed E-state index contributed by atoms with van der Waals surface area (Å²) in [5.41, 5.74) is 1.22. The summed E-state index contributed by atoms with van der Waals surface area (Å²) in [6.45, 7) is 0. The number of nitrogens with zero attached hydrogens (tertiary/aromatic N) is 2. The van der Waals surface area contributed by atoms with Crippen LogP contribution in [0.3, 0.4) is 0 Å². The maximum atomic E-state index is 4.90. The maximum Gasteiger partial charge on any atom is 0.147 e. The first kappa shape index (κ1) is 12.2. The molecule has 1 heterocycles. The highest BCUT2D eigenvalue weighted by molar-refractivity contribution is 5.83. The van der Waals surface area contributed by atoms with Gasteiger partial charge in [-0.1, -0.05) is 54.6 Å². The summed E-state index contributed by atoms with van der Waals surface area (Å²) in [5, 5.41) is 4.77. The van der Waals surface area contributed by atoms with Gasteiger partial charge in [-0.15, -0.1) is 0 Å². The van der Waals surface area contributed by atoms with Crippen LogP contribution >= 0.6 is 0 Å². The molecule has 0 fully saturated rings. The van der Waals surface area contributed by atoms with Crippen molar-refractivity contribution in [3.8, 4) is 0 Å². The zero-order chi connectivity index (χ0) is 14.2. The van der Waals surface area contributed by atoms with E-state index in [9.17, 15) is 0 Å². The van der Waals surface area contributed by atoms with Crippen LogP contribution in [0.1, 0.15) is 11.7 Å². The van der Waals surface area contributed by atoms with Crippen LogP contribution in [-0.4, -0.2) is 11.9 Å². The van der Waals surface area contributed by atoms with Gasteiger partial charge in [-0.05, 0) is 28.5 Å². The van der Waals surface area contributed by atoms with E-state index in [2.05, 4.69) is 78.8 Å². The monoisotopic (exact) mass is 272 g/mol. The Labute approximate surface area is 123 Å². The van der Waals surface area contributed by atoms with E-state index < -0.39 is 0 Å². The second kappa shape index (κ2) is 4.74. The molecule has 2 heteroatoms. The first-order chi connectivity index (χ1) is 10.3. The third-order valence-corrected chi connectivity index (χ3v) is 4.00. The molecule has 1 unspecified atom stereocenters. The Balaban J connectivity index is 1.87. The Morgan fingerprint density at radius 3 is 2.52 bits per heavy atom. The molecule has 0 aliphatic carbocycles. The van der Waals surface area contributed by atoms with E-state index in [1.165, 1.54) is 21.6 Å². The molecule has 1 atom stereocenters. The summed E-state index contributed by atoms with van der Waals surface area (Å²) in [5.74, 6) is 0. The third-order valence-electron chi connectivity index (χ3n) is 4.00. The van der Waals surface area contributed by atoms with Crippen LogP contribution in [-0.2, 0) is 0 Å². The van der Waals surface area contributed by atoms with Crippen LogP contribution in [0.15, 0.2) is 71.7 Å². The highest BCUT2D eigenvalue weighted by Gasteiger charge is 2.16. The molecule has 0 amide bonds. The van der Waals surface area contributed by atoms with Crippen molar-refractivity contribution in [1.82, 2.24) is 4.90 Å². The van der Waals surface area contributed by atoms with Gasteiger partial charge in [-0.3, -0.25) is 4.99 Å². The molecule has 0 bridgehead atoms. The lowest BCUT2D eigenvalue weighted by atomic mass is 10.0. The van der Waals surface area contributed by atoms with Crippen molar-refractivity contribution in [2.45, 2.75) is 6.17 Å². The highest BCUT2D eigenvalue weighted by atomic mass is 15.2. The van der Waals surface area contributed by atoms with Gasteiger partial charge in [0.2, 0.25) is 0 Å². The molecule has 0 saturated carbocycles. The fourth-order valence-electron chi connectivity index (χ4n) is 2.91. The highest BCUT2D eigenvalue weighted by Crippen LogP contribution is 2.25. The molecule has 0 radical (unpaired) electrons. The predicted octanol–water partition coefficient (Wildman–Crippen LogP) is 2.84. The Morgan fingerprint density at radius 2 is 1.62 bits per heavy atom. The minimum atomic E-state index is 0.0458. The fraction of sp³-hybridized carbons (Fsp3) is 0.105.